The van der Waals surface area contributed by atoms with Crippen LogP contribution in [0.4, 0.5) is 0 Å². The van der Waals surface area contributed by atoms with Crippen molar-refractivity contribution in [3.8, 4) is 5.75 Å². The second-order valence-corrected chi connectivity index (χ2v) is 6.51. The van der Waals surface area contributed by atoms with Gasteiger partial charge in [0.1, 0.15) is 24.7 Å². The number of benzene rings is 2. The smallest absolute Gasteiger partial charge is 0.171 e. The van der Waals surface area contributed by atoms with Gasteiger partial charge >= 0.3 is 0 Å². The summed E-state index contributed by atoms with van der Waals surface area (Å²) in [5.41, 5.74) is 1.72. The molecular weight excluding hydrogens is 360 g/mol. The van der Waals surface area contributed by atoms with Crippen molar-refractivity contribution in [1.82, 2.24) is 10.2 Å². The zero-order valence-corrected chi connectivity index (χ0v) is 15.9. The normalized spacial score (nSPS) is 19.2. The molecule has 27 heavy (non-hydrogen) atoms. The molecule has 0 aliphatic carbocycles. The van der Waals surface area contributed by atoms with Crippen LogP contribution in [0, 0.1) is 0 Å². The number of hydrogen-bond acceptors (Lipinski definition) is 4. The fourth-order valence-electron chi connectivity index (χ4n) is 2.81. The van der Waals surface area contributed by atoms with E-state index in [2.05, 4.69) is 5.32 Å². The average molecular weight is 382 g/mol. The minimum Gasteiger partial charge on any atom is -0.491 e. The second-order valence-electron chi connectivity index (χ2n) is 6.12. The van der Waals surface area contributed by atoms with Crippen LogP contribution < -0.4 is 10.1 Å². The van der Waals surface area contributed by atoms with Gasteiger partial charge in [0.2, 0.25) is 0 Å². The molecule has 1 aliphatic rings. The van der Waals surface area contributed by atoms with Crippen LogP contribution in [0.3, 0.4) is 0 Å². The van der Waals surface area contributed by atoms with Gasteiger partial charge in [-0.25, -0.2) is 0 Å². The Bertz CT molecular complexity index is 793. The van der Waals surface area contributed by atoms with Crippen LogP contribution in [-0.2, 0) is 4.74 Å². The predicted molar refractivity (Wildman–Crippen MR) is 110 cm³/mol. The summed E-state index contributed by atoms with van der Waals surface area (Å²) in [6.07, 6.45) is 4.46. The number of aldehydes is 1. The monoisotopic (exact) mass is 382 g/mol. The molecule has 2 atom stereocenters. The van der Waals surface area contributed by atoms with Gasteiger partial charge in [0.25, 0.3) is 0 Å². The molecule has 5 nitrogen and oxygen atoms in total. The number of ether oxygens (including phenoxy) is 2. The highest BCUT2D eigenvalue weighted by atomic mass is 32.1. The van der Waals surface area contributed by atoms with E-state index in [4.69, 9.17) is 21.7 Å². The summed E-state index contributed by atoms with van der Waals surface area (Å²) in [5.74, 6) is 0.704. The molecular formula is C21H22N2O3S. The number of hydrogen-bond donors (Lipinski definition) is 1. The van der Waals surface area contributed by atoms with E-state index < -0.39 is 0 Å². The maximum absolute atomic E-state index is 10.7. The van der Waals surface area contributed by atoms with Gasteiger partial charge < -0.3 is 19.7 Å². The first-order chi connectivity index (χ1) is 13.2. The van der Waals surface area contributed by atoms with Gasteiger partial charge in [-0.3, -0.25) is 4.79 Å². The molecule has 2 aromatic carbocycles. The molecule has 1 heterocycles. The molecule has 1 aliphatic heterocycles. The topological polar surface area (TPSA) is 50.8 Å². The van der Waals surface area contributed by atoms with E-state index in [1.807, 2.05) is 47.4 Å². The van der Waals surface area contributed by atoms with E-state index in [0.29, 0.717) is 29.6 Å². The Labute approximate surface area is 164 Å². The van der Waals surface area contributed by atoms with Crippen molar-refractivity contribution in [1.29, 1.82) is 0 Å². The molecule has 6 heteroatoms. The quantitative estimate of drug-likeness (QED) is 0.612. The average Bonchev–Trinajstić information content (AvgIpc) is 3.14. The van der Waals surface area contributed by atoms with Gasteiger partial charge in [-0.1, -0.05) is 36.4 Å². The molecule has 2 unspecified atom stereocenters. The van der Waals surface area contributed by atoms with E-state index in [9.17, 15) is 4.79 Å². The second kappa shape index (κ2) is 9.30. The standard InChI is InChI=1S/C21H22N2O3S/c1-22-21(27)23-13-19(15-25-18-10-7-17(14-24)8-11-18)26-20(23)12-9-16-5-3-2-4-6-16/h2-12,14,19-20H,13,15H2,1H3,(H,22,27)/b12-9+. The molecule has 3 rings (SSSR count). The number of carbonyl (C=O) groups is 1. The zero-order valence-electron chi connectivity index (χ0n) is 15.1. The minimum absolute atomic E-state index is 0.118. The molecule has 1 N–H and O–H groups in total. The van der Waals surface area contributed by atoms with Crippen molar-refractivity contribution in [2.75, 3.05) is 20.2 Å². The Morgan fingerprint density at radius 3 is 2.63 bits per heavy atom. The number of carbonyl (C=O) groups excluding carboxylic acids is 1. The van der Waals surface area contributed by atoms with E-state index in [-0.39, 0.29) is 12.3 Å². The molecule has 0 radical (unpaired) electrons. The van der Waals surface area contributed by atoms with Gasteiger partial charge in [-0.05, 0) is 48.1 Å². The fourth-order valence-corrected chi connectivity index (χ4v) is 2.99. The van der Waals surface area contributed by atoms with E-state index in [1.54, 1.807) is 31.3 Å². The SMILES string of the molecule is CNC(=S)N1CC(COc2ccc(C=O)cc2)OC1/C=C/c1ccccc1. The van der Waals surface area contributed by atoms with Gasteiger partial charge in [0.05, 0.1) is 6.54 Å². The van der Waals surface area contributed by atoms with Crippen molar-refractivity contribution in [2.45, 2.75) is 12.3 Å². The fraction of sp³-hybridized carbons (Fsp3) is 0.238. The van der Waals surface area contributed by atoms with Crippen molar-refractivity contribution in [3.05, 3.63) is 71.8 Å². The van der Waals surface area contributed by atoms with Crippen molar-refractivity contribution in [2.24, 2.45) is 0 Å². The molecule has 0 bridgehead atoms. The van der Waals surface area contributed by atoms with Crippen molar-refractivity contribution < 1.29 is 14.3 Å². The summed E-state index contributed by atoms with van der Waals surface area (Å²) in [4.78, 5) is 12.7. The van der Waals surface area contributed by atoms with Crippen molar-refractivity contribution >= 4 is 29.7 Å². The Balaban J connectivity index is 1.62. The first kappa shape index (κ1) is 19.1. The van der Waals surface area contributed by atoms with Crippen LogP contribution >= 0.6 is 12.2 Å². The molecule has 140 valence electrons. The van der Waals surface area contributed by atoms with Gasteiger partial charge in [0, 0.05) is 12.6 Å². The first-order valence-electron chi connectivity index (χ1n) is 8.74. The molecule has 2 aromatic rings. The molecule has 1 saturated heterocycles. The highest BCUT2D eigenvalue weighted by Gasteiger charge is 2.33. The van der Waals surface area contributed by atoms with Gasteiger partial charge in [0.15, 0.2) is 11.3 Å². The maximum atomic E-state index is 10.7. The number of rotatable bonds is 6. The van der Waals surface area contributed by atoms with Crippen LogP contribution in [0.1, 0.15) is 15.9 Å². The lowest BCUT2D eigenvalue weighted by Gasteiger charge is -2.22. The molecule has 0 aromatic heterocycles. The number of nitrogens with zero attached hydrogens (tertiary/aromatic N) is 1. The van der Waals surface area contributed by atoms with Crippen LogP contribution in [0.5, 0.6) is 5.75 Å². The largest absolute Gasteiger partial charge is 0.491 e. The third-order valence-corrected chi connectivity index (χ3v) is 4.66. The Kier molecular flexibility index (Phi) is 6.57. The lowest BCUT2D eigenvalue weighted by atomic mass is 10.2. The van der Waals surface area contributed by atoms with Crippen LogP contribution in [-0.4, -0.2) is 48.8 Å². The predicted octanol–water partition coefficient (Wildman–Crippen LogP) is 3.12. The molecule has 0 spiro atoms. The summed E-state index contributed by atoms with van der Waals surface area (Å²) in [6, 6.07) is 17.1. The van der Waals surface area contributed by atoms with E-state index in [0.717, 1.165) is 11.8 Å². The highest BCUT2D eigenvalue weighted by Crippen LogP contribution is 2.20. The molecule has 0 amide bonds. The third-order valence-electron chi connectivity index (χ3n) is 4.22. The summed E-state index contributed by atoms with van der Waals surface area (Å²) in [7, 11) is 1.80. The minimum atomic E-state index is -0.254. The first-order valence-corrected chi connectivity index (χ1v) is 9.15. The van der Waals surface area contributed by atoms with Crippen LogP contribution in [0.2, 0.25) is 0 Å². The summed E-state index contributed by atoms with van der Waals surface area (Å²) in [5, 5.41) is 3.65. The Morgan fingerprint density at radius 1 is 1.22 bits per heavy atom. The number of nitrogens with one attached hydrogen (secondary N) is 1. The number of thiocarbonyl (C=S) groups is 1. The van der Waals surface area contributed by atoms with Crippen molar-refractivity contribution in [3.63, 3.8) is 0 Å². The Hall–Kier alpha value is -2.70. The lowest BCUT2D eigenvalue weighted by molar-refractivity contribution is 0.0269. The molecule has 0 saturated carbocycles. The lowest BCUT2D eigenvalue weighted by Crippen LogP contribution is -2.41. The summed E-state index contributed by atoms with van der Waals surface area (Å²) < 4.78 is 11.9. The summed E-state index contributed by atoms with van der Waals surface area (Å²) >= 11 is 5.41. The van der Waals surface area contributed by atoms with Gasteiger partial charge in [-0.15, -0.1) is 0 Å². The van der Waals surface area contributed by atoms with E-state index in [1.165, 1.54) is 0 Å². The summed E-state index contributed by atoms with van der Waals surface area (Å²) in [6.45, 7) is 1.04. The van der Waals surface area contributed by atoms with Crippen LogP contribution in [0.15, 0.2) is 60.7 Å². The van der Waals surface area contributed by atoms with Gasteiger partial charge in [-0.2, -0.15) is 0 Å². The Morgan fingerprint density at radius 2 is 1.96 bits per heavy atom. The maximum Gasteiger partial charge on any atom is 0.171 e. The molecule has 1 fully saturated rings. The highest BCUT2D eigenvalue weighted by molar-refractivity contribution is 7.80. The third kappa shape index (κ3) is 5.15. The van der Waals surface area contributed by atoms with Crippen LogP contribution in [0.25, 0.3) is 6.08 Å². The van der Waals surface area contributed by atoms with E-state index >= 15 is 0 Å². The zero-order chi connectivity index (χ0) is 19.1.